The fourth-order valence-corrected chi connectivity index (χ4v) is 3.64. The standard InChI is InChI=1S/C20H42O4S/c1-3-5-7-9-10-11-12-13-14-16-18-20(17-15-8-6-4-2)19-24-25(21,22)23/h20H,3-19H2,1-2H3,(H,21,22,23). The zero-order chi connectivity index (χ0) is 18.8. The Balaban J connectivity index is 3.74. The van der Waals surface area contributed by atoms with Crippen molar-refractivity contribution in [3.8, 4) is 0 Å². The highest BCUT2D eigenvalue weighted by Gasteiger charge is 2.13. The summed E-state index contributed by atoms with van der Waals surface area (Å²) < 4.78 is 35.0. The smallest absolute Gasteiger partial charge is 0.264 e. The van der Waals surface area contributed by atoms with Crippen molar-refractivity contribution in [2.45, 2.75) is 117 Å². The highest BCUT2D eigenvalue weighted by atomic mass is 32.3. The van der Waals surface area contributed by atoms with Gasteiger partial charge >= 0.3 is 10.4 Å². The molecule has 0 rings (SSSR count). The van der Waals surface area contributed by atoms with Crippen LogP contribution in [0, 0.1) is 5.92 Å². The lowest BCUT2D eigenvalue weighted by atomic mass is 9.95. The number of hydrogen-bond donors (Lipinski definition) is 1. The van der Waals surface area contributed by atoms with Gasteiger partial charge in [-0.15, -0.1) is 0 Å². The van der Waals surface area contributed by atoms with E-state index in [9.17, 15) is 8.42 Å². The van der Waals surface area contributed by atoms with E-state index in [-0.39, 0.29) is 12.5 Å². The highest BCUT2D eigenvalue weighted by Crippen LogP contribution is 2.20. The molecule has 0 aromatic heterocycles. The predicted octanol–water partition coefficient (Wildman–Crippen LogP) is 6.70. The minimum atomic E-state index is -4.31. The van der Waals surface area contributed by atoms with Gasteiger partial charge in [0.2, 0.25) is 0 Å². The Bertz CT molecular complexity index is 368. The largest absolute Gasteiger partial charge is 0.397 e. The highest BCUT2D eigenvalue weighted by molar-refractivity contribution is 7.80. The van der Waals surface area contributed by atoms with Crippen LogP contribution in [-0.4, -0.2) is 19.6 Å². The zero-order valence-corrected chi connectivity index (χ0v) is 17.5. The van der Waals surface area contributed by atoms with E-state index < -0.39 is 10.4 Å². The fourth-order valence-electron chi connectivity index (χ4n) is 3.27. The lowest BCUT2D eigenvalue weighted by molar-refractivity contribution is 0.204. The Labute approximate surface area is 157 Å². The van der Waals surface area contributed by atoms with Crippen LogP contribution in [0.3, 0.4) is 0 Å². The van der Waals surface area contributed by atoms with Gasteiger partial charge < -0.3 is 0 Å². The summed E-state index contributed by atoms with van der Waals surface area (Å²) in [6, 6.07) is 0. The van der Waals surface area contributed by atoms with Gasteiger partial charge in [0.05, 0.1) is 6.61 Å². The van der Waals surface area contributed by atoms with Gasteiger partial charge in [0, 0.05) is 0 Å². The maximum Gasteiger partial charge on any atom is 0.397 e. The summed E-state index contributed by atoms with van der Waals surface area (Å²) in [5, 5.41) is 0. The van der Waals surface area contributed by atoms with E-state index >= 15 is 0 Å². The monoisotopic (exact) mass is 378 g/mol. The number of hydrogen-bond acceptors (Lipinski definition) is 3. The van der Waals surface area contributed by atoms with Crippen LogP contribution in [0.2, 0.25) is 0 Å². The van der Waals surface area contributed by atoms with Crippen molar-refractivity contribution in [3.63, 3.8) is 0 Å². The van der Waals surface area contributed by atoms with Crippen LogP contribution in [0.25, 0.3) is 0 Å². The van der Waals surface area contributed by atoms with Crippen LogP contribution in [-0.2, 0) is 14.6 Å². The third-order valence-electron chi connectivity index (χ3n) is 4.88. The third-order valence-corrected chi connectivity index (χ3v) is 5.32. The number of rotatable bonds is 19. The molecule has 152 valence electrons. The van der Waals surface area contributed by atoms with Crippen molar-refractivity contribution >= 4 is 10.4 Å². The van der Waals surface area contributed by atoms with Gasteiger partial charge in [-0.2, -0.15) is 8.42 Å². The first-order chi connectivity index (χ1) is 12.0. The van der Waals surface area contributed by atoms with Gasteiger partial charge in [0.15, 0.2) is 0 Å². The molecular weight excluding hydrogens is 336 g/mol. The lowest BCUT2D eigenvalue weighted by Gasteiger charge is -2.16. The molecule has 4 nitrogen and oxygen atoms in total. The van der Waals surface area contributed by atoms with Crippen LogP contribution >= 0.6 is 0 Å². The Morgan fingerprint density at radius 3 is 1.44 bits per heavy atom. The molecule has 5 heteroatoms. The molecular formula is C20H42O4S. The SMILES string of the molecule is CCCCCCCCCCCCC(CCCCCC)COS(=O)(=O)O. The topological polar surface area (TPSA) is 63.6 Å². The van der Waals surface area contributed by atoms with Gasteiger partial charge in [-0.05, 0) is 18.8 Å². The molecule has 0 aliphatic rings. The average molecular weight is 379 g/mol. The summed E-state index contributed by atoms with van der Waals surface area (Å²) >= 11 is 0. The molecule has 1 unspecified atom stereocenters. The first-order valence-electron chi connectivity index (χ1n) is 10.6. The minimum Gasteiger partial charge on any atom is -0.264 e. The molecule has 0 aromatic carbocycles. The van der Waals surface area contributed by atoms with E-state index in [4.69, 9.17) is 4.55 Å². The second-order valence-electron chi connectivity index (χ2n) is 7.40. The molecule has 0 aliphatic heterocycles. The molecule has 0 saturated heterocycles. The summed E-state index contributed by atoms with van der Waals surface area (Å²) in [6.45, 7) is 4.56. The lowest BCUT2D eigenvalue weighted by Crippen LogP contribution is -2.14. The molecule has 0 fully saturated rings. The second kappa shape index (κ2) is 17.3. The molecule has 1 N–H and O–H groups in total. The predicted molar refractivity (Wildman–Crippen MR) is 106 cm³/mol. The van der Waals surface area contributed by atoms with Crippen molar-refractivity contribution in [2.24, 2.45) is 5.92 Å². The van der Waals surface area contributed by atoms with Crippen molar-refractivity contribution < 1.29 is 17.2 Å². The van der Waals surface area contributed by atoms with Gasteiger partial charge in [-0.25, -0.2) is 4.18 Å². The minimum absolute atomic E-state index is 0.127. The first kappa shape index (κ1) is 24.9. The molecule has 0 aromatic rings. The third kappa shape index (κ3) is 20.0. The van der Waals surface area contributed by atoms with Crippen LogP contribution in [0.4, 0.5) is 0 Å². The maximum atomic E-state index is 10.8. The number of unbranched alkanes of at least 4 members (excludes halogenated alkanes) is 12. The Morgan fingerprint density at radius 1 is 0.680 bits per heavy atom. The molecule has 0 radical (unpaired) electrons. The van der Waals surface area contributed by atoms with E-state index in [0.717, 1.165) is 25.7 Å². The van der Waals surface area contributed by atoms with Crippen molar-refractivity contribution in [2.75, 3.05) is 6.61 Å². The van der Waals surface area contributed by atoms with Gasteiger partial charge in [-0.3, -0.25) is 4.55 Å². The molecule has 0 aliphatic carbocycles. The summed E-state index contributed by atoms with van der Waals surface area (Å²) in [6.07, 6.45) is 19.8. The summed E-state index contributed by atoms with van der Waals surface area (Å²) in [4.78, 5) is 0. The summed E-state index contributed by atoms with van der Waals surface area (Å²) in [5.41, 5.74) is 0. The van der Waals surface area contributed by atoms with Crippen LogP contribution in [0.1, 0.15) is 117 Å². The first-order valence-corrected chi connectivity index (χ1v) is 12.0. The molecule has 25 heavy (non-hydrogen) atoms. The maximum absolute atomic E-state index is 10.8. The van der Waals surface area contributed by atoms with Crippen LogP contribution in [0.15, 0.2) is 0 Å². The van der Waals surface area contributed by atoms with Crippen LogP contribution in [0.5, 0.6) is 0 Å². The molecule has 1 atom stereocenters. The van der Waals surface area contributed by atoms with Crippen molar-refractivity contribution in [3.05, 3.63) is 0 Å². The summed E-state index contributed by atoms with van der Waals surface area (Å²) in [7, 11) is -4.31. The van der Waals surface area contributed by atoms with Gasteiger partial charge in [0.1, 0.15) is 0 Å². The Hall–Kier alpha value is -0.130. The molecule has 0 amide bonds. The van der Waals surface area contributed by atoms with E-state index in [0.29, 0.717) is 0 Å². The van der Waals surface area contributed by atoms with Gasteiger partial charge in [-0.1, -0.05) is 104 Å². The van der Waals surface area contributed by atoms with E-state index in [1.165, 1.54) is 77.0 Å². The van der Waals surface area contributed by atoms with Crippen molar-refractivity contribution in [1.82, 2.24) is 0 Å². The molecule has 0 heterocycles. The average Bonchev–Trinajstić information content (AvgIpc) is 2.56. The molecule has 0 saturated carbocycles. The quantitative estimate of drug-likeness (QED) is 0.200. The van der Waals surface area contributed by atoms with E-state index in [1.807, 2.05) is 0 Å². The molecule has 0 spiro atoms. The van der Waals surface area contributed by atoms with Gasteiger partial charge in [0.25, 0.3) is 0 Å². The zero-order valence-electron chi connectivity index (χ0n) is 16.7. The fraction of sp³-hybridized carbons (Fsp3) is 1.00. The normalized spacial score (nSPS) is 13.2. The van der Waals surface area contributed by atoms with E-state index in [1.54, 1.807) is 0 Å². The molecule has 0 bridgehead atoms. The van der Waals surface area contributed by atoms with Crippen LogP contribution < -0.4 is 0 Å². The summed E-state index contributed by atoms with van der Waals surface area (Å²) in [5.74, 6) is 0.243. The Kier molecular flexibility index (Phi) is 17.2. The second-order valence-corrected chi connectivity index (χ2v) is 8.49. The van der Waals surface area contributed by atoms with E-state index in [2.05, 4.69) is 18.0 Å². The van der Waals surface area contributed by atoms with Crippen molar-refractivity contribution in [1.29, 1.82) is 0 Å². The Morgan fingerprint density at radius 2 is 1.04 bits per heavy atom.